The minimum Gasteiger partial charge on any atom is -0.345 e. The Morgan fingerprint density at radius 2 is 2.13 bits per heavy atom. The molecular weight excluding hydrogens is 293 g/mol. The lowest BCUT2D eigenvalue weighted by molar-refractivity contribution is 0.630. The zero-order chi connectivity index (χ0) is 16.0. The molecule has 0 aliphatic heterocycles. The highest BCUT2D eigenvalue weighted by Gasteiger charge is 2.13. The Hall–Kier alpha value is -2.76. The van der Waals surface area contributed by atoms with E-state index in [1.807, 2.05) is 25.5 Å². The van der Waals surface area contributed by atoms with Crippen LogP contribution in [0.5, 0.6) is 0 Å². The third kappa shape index (κ3) is 2.18. The average Bonchev–Trinajstić information content (AvgIpc) is 3.12. The number of nitrogens with one attached hydrogen (secondary N) is 1. The van der Waals surface area contributed by atoms with Gasteiger partial charge in [0, 0.05) is 53.4 Å². The highest BCUT2D eigenvalue weighted by atomic mass is 19.1. The number of aryl methyl sites for hydroxylation is 2. The number of nitrogens with zero attached hydrogens (tertiary/aromatic N) is 4. The maximum absolute atomic E-state index is 14.3. The molecule has 0 unspecified atom stereocenters. The van der Waals surface area contributed by atoms with Gasteiger partial charge in [0.2, 0.25) is 0 Å². The van der Waals surface area contributed by atoms with Gasteiger partial charge in [-0.15, -0.1) is 0 Å². The van der Waals surface area contributed by atoms with Gasteiger partial charge < -0.3 is 9.38 Å². The summed E-state index contributed by atoms with van der Waals surface area (Å²) in [6.07, 6.45) is 9.06. The van der Waals surface area contributed by atoms with Crippen molar-refractivity contribution in [2.45, 2.75) is 26.7 Å². The first kappa shape index (κ1) is 13.9. The first-order valence-corrected chi connectivity index (χ1v) is 7.64. The normalized spacial score (nSPS) is 11.6. The lowest BCUT2D eigenvalue weighted by Crippen LogP contribution is -1.95. The highest BCUT2D eigenvalue weighted by Crippen LogP contribution is 2.29. The minimum absolute atomic E-state index is 0.339. The van der Waals surface area contributed by atoms with E-state index in [4.69, 9.17) is 0 Å². The van der Waals surface area contributed by atoms with Crippen molar-refractivity contribution in [3.05, 3.63) is 48.2 Å². The van der Waals surface area contributed by atoms with Crippen LogP contribution in [-0.4, -0.2) is 24.3 Å². The van der Waals surface area contributed by atoms with Gasteiger partial charge in [0.1, 0.15) is 11.5 Å². The van der Waals surface area contributed by atoms with Crippen molar-refractivity contribution < 1.29 is 4.39 Å². The van der Waals surface area contributed by atoms with Crippen LogP contribution < -0.4 is 0 Å². The second-order valence-electron chi connectivity index (χ2n) is 5.67. The molecule has 0 aliphatic carbocycles. The molecule has 4 rings (SSSR count). The molecule has 1 N–H and O–H groups in total. The van der Waals surface area contributed by atoms with Gasteiger partial charge in [-0.2, -0.15) is 0 Å². The first-order chi connectivity index (χ1) is 11.2. The lowest BCUT2D eigenvalue weighted by atomic mass is 10.1. The van der Waals surface area contributed by atoms with E-state index in [9.17, 15) is 4.39 Å². The van der Waals surface area contributed by atoms with Gasteiger partial charge in [-0.05, 0) is 19.4 Å². The maximum Gasteiger partial charge on any atom is 0.173 e. The SMILES string of the molecule is CCCc1ncc2c(-c3cc(F)c4ncc(C)n4c3)c[nH]c2n1. The Morgan fingerprint density at radius 1 is 1.26 bits per heavy atom. The van der Waals surface area contributed by atoms with E-state index in [1.165, 1.54) is 6.07 Å². The second kappa shape index (κ2) is 5.15. The smallest absolute Gasteiger partial charge is 0.173 e. The molecular formula is C17H16FN5. The van der Waals surface area contributed by atoms with Crippen LogP contribution in [0.1, 0.15) is 24.9 Å². The molecule has 4 heterocycles. The molecule has 6 heteroatoms. The average molecular weight is 309 g/mol. The van der Waals surface area contributed by atoms with Crippen molar-refractivity contribution in [3.8, 4) is 11.1 Å². The summed E-state index contributed by atoms with van der Waals surface area (Å²) in [5.74, 6) is 0.481. The number of imidazole rings is 1. The Labute approximate surface area is 132 Å². The third-order valence-corrected chi connectivity index (χ3v) is 4.01. The number of rotatable bonds is 3. The summed E-state index contributed by atoms with van der Waals surface area (Å²) in [7, 11) is 0. The molecule has 4 aromatic heterocycles. The molecule has 0 aliphatic rings. The van der Waals surface area contributed by atoms with Crippen molar-refractivity contribution in [1.29, 1.82) is 0 Å². The van der Waals surface area contributed by atoms with Gasteiger partial charge in [0.05, 0.1) is 0 Å². The van der Waals surface area contributed by atoms with Crippen LogP contribution in [0.25, 0.3) is 27.8 Å². The van der Waals surface area contributed by atoms with Crippen LogP contribution in [0, 0.1) is 12.7 Å². The van der Waals surface area contributed by atoms with Gasteiger partial charge in [0.15, 0.2) is 11.5 Å². The summed E-state index contributed by atoms with van der Waals surface area (Å²) in [5, 5.41) is 0.890. The predicted molar refractivity (Wildman–Crippen MR) is 86.8 cm³/mol. The van der Waals surface area contributed by atoms with Crippen LogP contribution in [-0.2, 0) is 6.42 Å². The Bertz CT molecular complexity index is 1010. The number of pyridine rings is 1. The maximum atomic E-state index is 14.3. The van der Waals surface area contributed by atoms with Gasteiger partial charge in [0.25, 0.3) is 0 Å². The van der Waals surface area contributed by atoms with Crippen molar-refractivity contribution in [1.82, 2.24) is 24.3 Å². The topological polar surface area (TPSA) is 58.9 Å². The number of hydrogen-bond acceptors (Lipinski definition) is 3. The third-order valence-electron chi connectivity index (χ3n) is 4.01. The fourth-order valence-corrected chi connectivity index (χ4v) is 2.84. The molecule has 5 nitrogen and oxygen atoms in total. The molecule has 116 valence electrons. The molecule has 0 aromatic carbocycles. The number of H-pyrrole nitrogens is 1. The summed E-state index contributed by atoms with van der Waals surface area (Å²) in [6, 6.07) is 1.50. The van der Waals surface area contributed by atoms with Crippen LogP contribution in [0.2, 0.25) is 0 Å². The molecule has 0 amide bonds. The molecule has 0 bridgehead atoms. The Balaban J connectivity index is 1.90. The number of fused-ring (bicyclic) bond motifs is 2. The number of halogens is 1. The van der Waals surface area contributed by atoms with E-state index in [2.05, 4.69) is 26.9 Å². The molecule has 23 heavy (non-hydrogen) atoms. The molecule has 0 fully saturated rings. The van der Waals surface area contributed by atoms with Crippen molar-refractivity contribution in [2.24, 2.45) is 0 Å². The molecule has 4 aromatic rings. The zero-order valence-electron chi connectivity index (χ0n) is 13.0. The van der Waals surface area contributed by atoms with Crippen LogP contribution in [0.3, 0.4) is 0 Å². The number of aromatic amines is 1. The summed E-state index contributed by atoms with van der Waals surface area (Å²) >= 11 is 0. The summed E-state index contributed by atoms with van der Waals surface area (Å²) < 4.78 is 16.1. The van der Waals surface area contributed by atoms with E-state index in [0.29, 0.717) is 5.65 Å². The lowest BCUT2D eigenvalue weighted by Gasteiger charge is -2.04. The fourth-order valence-electron chi connectivity index (χ4n) is 2.84. The van der Waals surface area contributed by atoms with E-state index >= 15 is 0 Å². The Morgan fingerprint density at radius 3 is 2.96 bits per heavy atom. The Kier molecular flexibility index (Phi) is 3.11. The monoisotopic (exact) mass is 309 g/mol. The van der Waals surface area contributed by atoms with Gasteiger partial charge in [-0.25, -0.2) is 19.3 Å². The minimum atomic E-state index is -0.339. The number of aromatic nitrogens is 5. The summed E-state index contributed by atoms with van der Waals surface area (Å²) in [6.45, 7) is 4.00. The zero-order valence-corrected chi connectivity index (χ0v) is 13.0. The molecule has 0 saturated carbocycles. The van der Waals surface area contributed by atoms with Crippen molar-refractivity contribution in [3.63, 3.8) is 0 Å². The molecule has 0 atom stereocenters. The summed E-state index contributed by atoms with van der Waals surface area (Å²) in [5.41, 5.74) is 3.67. The van der Waals surface area contributed by atoms with Crippen molar-refractivity contribution in [2.75, 3.05) is 0 Å². The van der Waals surface area contributed by atoms with E-state index in [0.717, 1.165) is 46.5 Å². The fraction of sp³-hybridized carbons (Fsp3) is 0.235. The van der Waals surface area contributed by atoms with E-state index < -0.39 is 0 Å². The quantitative estimate of drug-likeness (QED) is 0.628. The highest BCUT2D eigenvalue weighted by molar-refractivity contribution is 5.93. The predicted octanol–water partition coefficient (Wildman–Crippen LogP) is 3.67. The van der Waals surface area contributed by atoms with E-state index in [-0.39, 0.29) is 5.82 Å². The van der Waals surface area contributed by atoms with E-state index in [1.54, 1.807) is 10.6 Å². The van der Waals surface area contributed by atoms with Crippen LogP contribution in [0.4, 0.5) is 4.39 Å². The first-order valence-electron chi connectivity index (χ1n) is 7.64. The molecule has 0 radical (unpaired) electrons. The molecule has 0 spiro atoms. The molecule has 0 saturated heterocycles. The van der Waals surface area contributed by atoms with Crippen LogP contribution in [0.15, 0.2) is 30.9 Å². The number of hydrogen-bond donors (Lipinski definition) is 1. The van der Waals surface area contributed by atoms with Gasteiger partial charge >= 0.3 is 0 Å². The van der Waals surface area contributed by atoms with Gasteiger partial charge in [-0.3, -0.25) is 0 Å². The van der Waals surface area contributed by atoms with Gasteiger partial charge in [-0.1, -0.05) is 6.92 Å². The van der Waals surface area contributed by atoms with Crippen LogP contribution >= 0.6 is 0 Å². The second-order valence-corrected chi connectivity index (χ2v) is 5.67. The standard InChI is InChI=1S/C17H16FN5/c1-3-4-15-19-8-13-12(7-20-16(13)22-15)11-5-14(18)17-21-6-10(2)23(17)9-11/h5-9H,3-4H2,1-2H3,(H,19,20,22). The summed E-state index contributed by atoms with van der Waals surface area (Å²) in [4.78, 5) is 16.2. The largest absolute Gasteiger partial charge is 0.345 e. The van der Waals surface area contributed by atoms with Crippen molar-refractivity contribution >= 4 is 16.7 Å².